The summed E-state index contributed by atoms with van der Waals surface area (Å²) in [7, 11) is 0. The van der Waals surface area contributed by atoms with Gasteiger partial charge in [-0.25, -0.2) is 13.8 Å². The molecule has 27 heavy (non-hydrogen) atoms. The Bertz CT molecular complexity index is 1090. The molecule has 0 saturated heterocycles. The number of amides is 1. The van der Waals surface area contributed by atoms with E-state index in [1.54, 1.807) is 0 Å². The van der Waals surface area contributed by atoms with Gasteiger partial charge in [-0.15, -0.1) is 0 Å². The number of hydrogen-bond acceptors (Lipinski definition) is 3. The van der Waals surface area contributed by atoms with Crippen LogP contribution in [0.15, 0.2) is 41.3 Å². The van der Waals surface area contributed by atoms with Crippen LogP contribution in [0.5, 0.6) is 0 Å². The van der Waals surface area contributed by atoms with Gasteiger partial charge in [-0.2, -0.15) is 4.39 Å². The van der Waals surface area contributed by atoms with Gasteiger partial charge in [0.25, 0.3) is 5.56 Å². The maximum absolute atomic E-state index is 13.9. The standard InChI is InChI=1S/C19H16F3N3O2.2H2/c1-9(13-8-14-16(25-19(13)27)5-6-23-17(14)22)18(26)24-10(2)12-4-3-11(20)7-15(12)21;;/h3-10H,1-2H3,(H,24,26)(H,25,27);2*1H/t9-,10-;;/m0../s1. The Hall–Kier alpha value is -3.16. The molecule has 1 aromatic carbocycles. The minimum atomic E-state index is -0.927. The first-order valence-electron chi connectivity index (χ1n) is 8.20. The number of fused-ring (bicyclic) bond motifs is 1. The summed E-state index contributed by atoms with van der Waals surface area (Å²) in [5.41, 5.74) is -0.0970. The molecule has 0 radical (unpaired) electrons. The van der Waals surface area contributed by atoms with Crippen LogP contribution in [-0.2, 0) is 4.79 Å². The van der Waals surface area contributed by atoms with Crippen molar-refractivity contribution in [1.29, 1.82) is 0 Å². The van der Waals surface area contributed by atoms with E-state index < -0.39 is 41.0 Å². The summed E-state index contributed by atoms with van der Waals surface area (Å²) in [5, 5.41) is 2.67. The smallest absolute Gasteiger partial charge is 0.252 e. The largest absolute Gasteiger partial charge is 0.349 e. The Morgan fingerprint density at radius 2 is 1.89 bits per heavy atom. The highest BCUT2D eigenvalue weighted by Gasteiger charge is 2.23. The van der Waals surface area contributed by atoms with Crippen LogP contribution >= 0.6 is 0 Å². The topological polar surface area (TPSA) is 74.8 Å². The van der Waals surface area contributed by atoms with E-state index in [1.807, 2.05) is 0 Å². The second-order valence-electron chi connectivity index (χ2n) is 6.23. The number of nitrogens with one attached hydrogen (secondary N) is 2. The zero-order valence-electron chi connectivity index (χ0n) is 14.5. The number of nitrogens with zero attached hydrogens (tertiary/aromatic N) is 1. The van der Waals surface area contributed by atoms with Crippen molar-refractivity contribution in [2.45, 2.75) is 25.8 Å². The Balaban J connectivity index is 0.00000210. The molecule has 0 unspecified atom stereocenters. The van der Waals surface area contributed by atoms with Gasteiger partial charge in [-0.3, -0.25) is 9.59 Å². The lowest BCUT2D eigenvalue weighted by Gasteiger charge is -2.18. The van der Waals surface area contributed by atoms with Crippen molar-refractivity contribution < 1.29 is 20.8 Å². The quantitative estimate of drug-likeness (QED) is 0.677. The van der Waals surface area contributed by atoms with E-state index in [-0.39, 0.29) is 24.9 Å². The molecule has 8 heteroatoms. The SMILES string of the molecule is C[C@H](NC(=O)[C@@H](C)c1cc2c(F)nccc2[nH]c1=O)c1ccc(F)cc1F.[HH].[HH]. The summed E-state index contributed by atoms with van der Waals surface area (Å²) in [6.07, 6.45) is 1.22. The monoisotopic (exact) mass is 379 g/mol. The van der Waals surface area contributed by atoms with Crippen LogP contribution < -0.4 is 10.9 Å². The summed E-state index contributed by atoms with van der Waals surface area (Å²) >= 11 is 0. The number of carbonyl (C=O) groups excluding carboxylic acids is 1. The molecule has 2 aromatic heterocycles. The zero-order chi connectivity index (χ0) is 19.7. The lowest BCUT2D eigenvalue weighted by Crippen LogP contribution is -2.33. The molecule has 3 rings (SSSR count). The van der Waals surface area contributed by atoms with Gasteiger partial charge in [0, 0.05) is 26.2 Å². The lowest BCUT2D eigenvalue weighted by atomic mass is 9.99. The number of aromatic nitrogens is 2. The molecule has 1 amide bonds. The number of aromatic amines is 1. The summed E-state index contributed by atoms with van der Waals surface area (Å²) in [5.74, 6) is -3.75. The van der Waals surface area contributed by atoms with Gasteiger partial charge in [0.2, 0.25) is 11.9 Å². The summed E-state index contributed by atoms with van der Waals surface area (Å²) in [6, 6.07) is 5.04. The van der Waals surface area contributed by atoms with E-state index in [1.165, 1.54) is 38.2 Å². The van der Waals surface area contributed by atoms with Crippen molar-refractivity contribution in [3.8, 4) is 0 Å². The fourth-order valence-electron chi connectivity index (χ4n) is 2.84. The van der Waals surface area contributed by atoms with Gasteiger partial charge in [0.1, 0.15) is 11.6 Å². The number of rotatable bonds is 4. The molecule has 0 saturated carbocycles. The van der Waals surface area contributed by atoms with Gasteiger partial charge in [-0.1, -0.05) is 6.07 Å². The molecule has 0 aliphatic carbocycles. The molecule has 5 nitrogen and oxygen atoms in total. The third kappa shape index (κ3) is 3.69. The van der Waals surface area contributed by atoms with Gasteiger partial charge < -0.3 is 10.3 Å². The van der Waals surface area contributed by atoms with Crippen LogP contribution in [0.25, 0.3) is 10.9 Å². The van der Waals surface area contributed by atoms with E-state index in [2.05, 4.69) is 15.3 Å². The van der Waals surface area contributed by atoms with Crippen molar-refractivity contribution in [3.63, 3.8) is 0 Å². The molecule has 3 aromatic rings. The number of benzene rings is 1. The Labute approximate surface area is 155 Å². The maximum atomic E-state index is 13.9. The van der Waals surface area contributed by atoms with Crippen LogP contribution in [0.1, 0.15) is 39.8 Å². The molecule has 0 aliphatic rings. The molecule has 0 fully saturated rings. The Kier molecular flexibility index (Phi) is 4.98. The van der Waals surface area contributed by atoms with Crippen LogP contribution in [0.2, 0.25) is 0 Å². The number of H-pyrrole nitrogens is 1. The number of carbonyl (C=O) groups is 1. The third-order valence-corrected chi connectivity index (χ3v) is 4.40. The average molecular weight is 379 g/mol. The van der Waals surface area contributed by atoms with Crippen LogP contribution in [0.4, 0.5) is 13.2 Å². The molecule has 0 aliphatic heterocycles. The van der Waals surface area contributed by atoms with E-state index >= 15 is 0 Å². The molecular weight excluding hydrogens is 359 g/mol. The van der Waals surface area contributed by atoms with E-state index in [9.17, 15) is 22.8 Å². The molecule has 0 bridgehead atoms. The third-order valence-electron chi connectivity index (χ3n) is 4.40. The van der Waals surface area contributed by atoms with Crippen LogP contribution in [0.3, 0.4) is 0 Å². The molecular formula is C19H20F3N3O2. The van der Waals surface area contributed by atoms with Crippen LogP contribution in [0, 0.1) is 17.6 Å². The molecule has 2 atom stereocenters. The Morgan fingerprint density at radius 3 is 2.59 bits per heavy atom. The fraction of sp³-hybridized carbons (Fsp3) is 0.211. The first-order chi connectivity index (χ1) is 12.8. The van der Waals surface area contributed by atoms with Gasteiger partial charge in [-0.05, 0) is 32.0 Å². The zero-order valence-corrected chi connectivity index (χ0v) is 14.5. The van der Waals surface area contributed by atoms with Crippen molar-refractivity contribution in [3.05, 3.63) is 75.6 Å². The van der Waals surface area contributed by atoms with E-state index in [0.717, 1.165) is 12.1 Å². The van der Waals surface area contributed by atoms with Gasteiger partial charge in [0.05, 0.1) is 22.9 Å². The maximum Gasteiger partial charge on any atom is 0.252 e. The number of hydrogen-bond donors (Lipinski definition) is 2. The fourth-order valence-corrected chi connectivity index (χ4v) is 2.84. The summed E-state index contributed by atoms with van der Waals surface area (Å²) in [6.45, 7) is 3.02. The summed E-state index contributed by atoms with van der Waals surface area (Å²) in [4.78, 5) is 30.8. The highest BCUT2D eigenvalue weighted by atomic mass is 19.1. The predicted molar refractivity (Wildman–Crippen MR) is 97.9 cm³/mol. The first-order valence-corrected chi connectivity index (χ1v) is 8.20. The lowest BCUT2D eigenvalue weighted by molar-refractivity contribution is -0.122. The van der Waals surface area contributed by atoms with Crippen molar-refractivity contribution >= 4 is 16.8 Å². The van der Waals surface area contributed by atoms with Crippen LogP contribution in [-0.4, -0.2) is 15.9 Å². The van der Waals surface area contributed by atoms with Crippen molar-refractivity contribution in [1.82, 2.24) is 15.3 Å². The highest BCUT2D eigenvalue weighted by molar-refractivity contribution is 5.85. The second-order valence-corrected chi connectivity index (χ2v) is 6.23. The number of pyridine rings is 2. The average Bonchev–Trinajstić information content (AvgIpc) is 2.60. The molecule has 2 N–H and O–H groups in total. The van der Waals surface area contributed by atoms with Gasteiger partial charge >= 0.3 is 0 Å². The predicted octanol–water partition coefficient (Wildman–Crippen LogP) is 3.81. The van der Waals surface area contributed by atoms with E-state index in [4.69, 9.17) is 0 Å². The second kappa shape index (κ2) is 7.22. The molecule has 2 heterocycles. The minimum absolute atomic E-state index is 0. The summed E-state index contributed by atoms with van der Waals surface area (Å²) < 4.78 is 40.8. The van der Waals surface area contributed by atoms with Gasteiger partial charge in [0.15, 0.2) is 0 Å². The molecule has 144 valence electrons. The van der Waals surface area contributed by atoms with Crippen molar-refractivity contribution in [2.24, 2.45) is 0 Å². The highest BCUT2D eigenvalue weighted by Crippen LogP contribution is 2.21. The normalized spacial score (nSPS) is 13.4. The van der Waals surface area contributed by atoms with Crippen molar-refractivity contribution in [2.75, 3.05) is 0 Å². The Morgan fingerprint density at radius 1 is 1.15 bits per heavy atom. The molecule has 0 spiro atoms. The van der Waals surface area contributed by atoms with E-state index in [0.29, 0.717) is 0 Å². The number of halogens is 3. The minimum Gasteiger partial charge on any atom is -0.349 e. The first kappa shape index (κ1) is 18.6.